The molecule has 4 nitrogen and oxygen atoms in total. The molecule has 0 saturated heterocycles. The van der Waals surface area contributed by atoms with E-state index >= 15 is 0 Å². The van der Waals surface area contributed by atoms with Gasteiger partial charge in [0, 0.05) is 32.5 Å². The van der Waals surface area contributed by atoms with Crippen LogP contribution in [0.1, 0.15) is 12.0 Å². The third-order valence-corrected chi connectivity index (χ3v) is 2.35. The monoisotopic (exact) mass is 402 g/mol. The summed E-state index contributed by atoms with van der Waals surface area (Å²) in [6.07, 6.45) is -0.859. The van der Waals surface area contributed by atoms with E-state index in [0.717, 1.165) is 12.0 Å². The van der Waals surface area contributed by atoms with Crippen molar-refractivity contribution in [1.29, 1.82) is 0 Å². The molecule has 0 bridgehead atoms. The summed E-state index contributed by atoms with van der Waals surface area (Å²) in [6, 6.07) is 3.78. The number of nitrogens with zero attached hydrogens (tertiary/aromatic N) is 2. The van der Waals surface area contributed by atoms with E-state index in [0.29, 0.717) is 12.5 Å². The molecule has 0 fully saturated rings. The van der Waals surface area contributed by atoms with Gasteiger partial charge in [0.25, 0.3) is 0 Å². The van der Waals surface area contributed by atoms with Crippen LogP contribution in [0.3, 0.4) is 0 Å². The minimum atomic E-state index is -4.15. The highest BCUT2D eigenvalue weighted by Crippen LogP contribution is 2.17. The highest BCUT2D eigenvalue weighted by atomic mass is 127. The number of pyridine rings is 1. The Bertz CT molecular complexity index is 395. The van der Waals surface area contributed by atoms with Crippen molar-refractivity contribution in [2.45, 2.75) is 19.0 Å². The van der Waals surface area contributed by atoms with Gasteiger partial charge in [-0.3, -0.25) is 9.98 Å². The van der Waals surface area contributed by atoms with Crippen molar-refractivity contribution in [2.24, 2.45) is 4.99 Å². The van der Waals surface area contributed by atoms with Gasteiger partial charge in [-0.05, 0) is 18.1 Å². The van der Waals surface area contributed by atoms with Crippen molar-refractivity contribution in [2.75, 3.05) is 20.1 Å². The molecular weight excluding hydrogens is 384 g/mol. The molecule has 0 aliphatic heterocycles. The molecule has 0 radical (unpaired) electrons. The van der Waals surface area contributed by atoms with Crippen LogP contribution in [0.5, 0.6) is 0 Å². The lowest BCUT2D eigenvalue weighted by Gasteiger charge is -2.12. The van der Waals surface area contributed by atoms with Gasteiger partial charge in [-0.15, -0.1) is 24.0 Å². The van der Waals surface area contributed by atoms with Crippen molar-refractivity contribution in [3.63, 3.8) is 0 Å². The molecule has 0 aliphatic rings. The van der Waals surface area contributed by atoms with E-state index in [-0.39, 0.29) is 30.5 Å². The quantitative estimate of drug-likeness (QED) is 0.452. The van der Waals surface area contributed by atoms with Crippen LogP contribution >= 0.6 is 24.0 Å². The van der Waals surface area contributed by atoms with Crippen LogP contribution in [-0.2, 0) is 6.42 Å². The number of halogens is 4. The molecule has 0 amide bonds. The maximum absolute atomic E-state index is 12.0. The summed E-state index contributed by atoms with van der Waals surface area (Å²) in [5, 5.41) is 5.56. The zero-order valence-corrected chi connectivity index (χ0v) is 13.4. The predicted octanol–water partition coefficient (Wildman–Crippen LogP) is 2.36. The molecule has 0 atom stereocenters. The average Bonchev–Trinajstić information content (AvgIpc) is 2.37. The number of aliphatic imine (C=N–C) groups is 1. The van der Waals surface area contributed by atoms with Crippen molar-refractivity contribution in [3.05, 3.63) is 30.1 Å². The molecule has 0 unspecified atom stereocenters. The van der Waals surface area contributed by atoms with Gasteiger partial charge in [0.1, 0.15) is 0 Å². The predicted molar refractivity (Wildman–Crippen MR) is 83.4 cm³/mol. The maximum Gasteiger partial charge on any atom is 0.390 e. The number of aromatic nitrogens is 1. The Morgan fingerprint density at radius 2 is 2.00 bits per heavy atom. The Morgan fingerprint density at radius 1 is 1.30 bits per heavy atom. The lowest BCUT2D eigenvalue weighted by Crippen LogP contribution is -2.39. The third-order valence-electron chi connectivity index (χ3n) is 2.35. The Kier molecular flexibility index (Phi) is 9.26. The summed E-state index contributed by atoms with van der Waals surface area (Å²) in [4.78, 5) is 7.83. The smallest absolute Gasteiger partial charge is 0.356 e. The molecule has 1 rings (SSSR count). The average molecular weight is 402 g/mol. The van der Waals surface area contributed by atoms with Crippen molar-refractivity contribution < 1.29 is 13.2 Å². The van der Waals surface area contributed by atoms with Crippen molar-refractivity contribution in [1.82, 2.24) is 15.6 Å². The lowest BCUT2D eigenvalue weighted by atomic mass is 10.2. The Labute approximate surface area is 133 Å². The summed E-state index contributed by atoms with van der Waals surface area (Å²) in [5.74, 6) is 0.369. The minimum absolute atomic E-state index is 0. The molecule has 8 heteroatoms. The van der Waals surface area contributed by atoms with Crippen LogP contribution in [0.15, 0.2) is 29.5 Å². The van der Waals surface area contributed by atoms with Crippen LogP contribution < -0.4 is 10.6 Å². The first kappa shape index (κ1) is 18.9. The molecule has 20 heavy (non-hydrogen) atoms. The molecular formula is C12H18F3IN4. The second kappa shape index (κ2) is 9.78. The first-order valence-corrected chi connectivity index (χ1v) is 5.91. The lowest BCUT2D eigenvalue weighted by molar-refractivity contribution is -0.132. The van der Waals surface area contributed by atoms with Gasteiger partial charge >= 0.3 is 6.18 Å². The highest BCUT2D eigenvalue weighted by molar-refractivity contribution is 14.0. The fourth-order valence-electron chi connectivity index (χ4n) is 1.41. The summed E-state index contributed by atoms with van der Waals surface area (Å²) in [6.45, 7) is 0.396. The second-order valence-electron chi connectivity index (χ2n) is 3.90. The fourth-order valence-corrected chi connectivity index (χ4v) is 1.41. The summed E-state index contributed by atoms with van der Waals surface area (Å²) in [5.41, 5.74) is 1.06. The van der Waals surface area contributed by atoms with Crippen LogP contribution in [0.4, 0.5) is 13.2 Å². The standard InChI is InChI=1S/C12H17F3N4.HI/c1-16-11(19-8-5-12(13,14)15)18-7-4-10-3-2-6-17-9-10;/h2-3,6,9H,4-5,7-8H2,1H3,(H2,16,18,19);1H. The van der Waals surface area contributed by atoms with Gasteiger partial charge in [-0.2, -0.15) is 13.2 Å². The number of hydrogen-bond acceptors (Lipinski definition) is 2. The normalized spacial score (nSPS) is 11.7. The number of nitrogens with one attached hydrogen (secondary N) is 2. The van der Waals surface area contributed by atoms with Crippen molar-refractivity contribution in [3.8, 4) is 0 Å². The molecule has 1 aromatic heterocycles. The van der Waals surface area contributed by atoms with Gasteiger partial charge in [-0.1, -0.05) is 6.07 Å². The van der Waals surface area contributed by atoms with Crippen LogP contribution in [-0.4, -0.2) is 37.3 Å². The van der Waals surface area contributed by atoms with Crippen LogP contribution in [0, 0.1) is 0 Å². The number of guanidine groups is 1. The van der Waals surface area contributed by atoms with Gasteiger partial charge in [0.05, 0.1) is 6.42 Å². The molecule has 0 saturated carbocycles. The van der Waals surface area contributed by atoms with E-state index in [1.807, 2.05) is 12.1 Å². The van der Waals surface area contributed by atoms with E-state index in [2.05, 4.69) is 20.6 Å². The minimum Gasteiger partial charge on any atom is -0.356 e. The fraction of sp³-hybridized carbons (Fsp3) is 0.500. The van der Waals surface area contributed by atoms with Gasteiger partial charge in [0.15, 0.2) is 5.96 Å². The maximum atomic E-state index is 12.0. The number of hydrogen-bond donors (Lipinski definition) is 2. The molecule has 1 aromatic rings. The molecule has 2 N–H and O–H groups in total. The first-order valence-electron chi connectivity index (χ1n) is 5.91. The Balaban J connectivity index is 0.00000361. The molecule has 0 aromatic carbocycles. The van der Waals surface area contributed by atoms with E-state index in [1.54, 1.807) is 12.4 Å². The SMILES string of the molecule is CN=C(NCCc1cccnc1)NCCC(F)(F)F.I. The zero-order valence-electron chi connectivity index (χ0n) is 11.1. The number of alkyl halides is 3. The van der Waals surface area contributed by atoms with Crippen molar-refractivity contribution >= 4 is 29.9 Å². The summed E-state index contributed by atoms with van der Waals surface area (Å²) < 4.78 is 35.9. The zero-order chi connectivity index (χ0) is 14.1. The van der Waals surface area contributed by atoms with E-state index in [1.165, 1.54) is 7.05 Å². The van der Waals surface area contributed by atoms with Gasteiger partial charge in [0.2, 0.25) is 0 Å². The Morgan fingerprint density at radius 3 is 2.55 bits per heavy atom. The molecule has 0 spiro atoms. The first-order chi connectivity index (χ1) is 9.01. The van der Waals surface area contributed by atoms with E-state index in [4.69, 9.17) is 0 Å². The summed E-state index contributed by atoms with van der Waals surface area (Å²) in [7, 11) is 1.52. The molecule has 114 valence electrons. The number of rotatable bonds is 5. The molecule has 1 heterocycles. The largest absolute Gasteiger partial charge is 0.390 e. The Hall–Kier alpha value is -1.06. The third kappa shape index (κ3) is 8.94. The topological polar surface area (TPSA) is 49.3 Å². The van der Waals surface area contributed by atoms with E-state index < -0.39 is 12.6 Å². The summed E-state index contributed by atoms with van der Waals surface area (Å²) >= 11 is 0. The molecule has 0 aliphatic carbocycles. The van der Waals surface area contributed by atoms with Gasteiger partial charge in [-0.25, -0.2) is 0 Å². The van der Waals surface area contributed by atoms with Gasteiger partial charge < -0.3 is 10.6 Å². The highest BCUT2D eigenvalue weighted by Gasteiger charge is 2.26. The van der Waals surface area contributed by atoms with Crippen LogP contribution in [0.2, 0.25) is 0 Å². The second-order valence-corrected chi connectivity index (χ2v) is 3.90. The van der Waals surface area contributed by atoms with E-state index in [9.17, 15) is 13.2 Å². The van der Waals surface area contributed by atoms with Crippen LogP contribution in [0.25, 0.3) is 0 Å².